The van der Waals surface area contributed by atoms with E-state index in [0.29, 0.717) is 17.8 Å². The SMILES string of the molecule is CN(CC1(O)CCCC1)c1cccc(C#N)c1N. The van der Waals surface area contributed by atoms with Crippen molar-refractivity contribution in [3.8, 4) is 6.07 Å². The summed E-state index contributed by atoms with van der Waals surface area (Å²) in [5.74, 6) is 0. The molecule has 0 bridgehead atoms. The lowest BCUT2D eigenvalue weighted by molar-refractivity contribution is 0.0559. The van der Waals surface area contributed by atoms with E-state index in [1.165, 1.54) is 0 Å². The molecule has 4 nitrogen and oxygen atoms in total. The van der Waals surface area contributed by atoms with Crippen molar-refractivity contribution in [2.24, 2.45) is 0 Å². The van der Waals surface area contributed by atoms with Crippen molar-refractivity contribution in [1.29, 1.82) is 5.26 Å². The highest BCUT2D eigenvalue weighted by atomic mass is 16.3. The molecule has 0 aromatic heterocycles. The minimum absolute atomic E-state index is 0.484. The molecule has 0 atom stereocenters. The summed E-state index contributed by atoms with van der Waals surface area (Å²) >= 11 is 0. The first-order valence-corrected chi connectivity index (χ1v) is 6.28. The van der Waals surface area contributed by atoms with Crippen molar-refractivity contribution in [2.75, 3.05) is 24.2 Å². The van der Waals surface area contributed by atoms with E-state index in [-0.39, 0.29) is 0 Å². The largest absolute Gasteiger partial charge is 0.396 e. The van der Waals surface area contributed by atoms with Gasteiger partial charge in [-0.2, -0.15) is 5.26 Å². The second-order valence-corrected chi connectivity index (χ2v) is 5.14. The average molecular weight is 245 g/mol. The van der Waals surface area contributed by atoms with Gasteiger partial charge in [-0.05, 0) is 25.0 Å². The number of nitrogen functional groups attached to an aromatic ring is 1. The van der Waals surface area contributed by atoms with Crippen molar-refractivity contribution < 1.29 is 5.11 Å². The zero-order valence-corrected chi connectivity index (χ0v) is 10.7. The van der Waals surface area contributed by atoms with Crippen LogP contribution in [0.1, 0.15) is 31.2 Å². The Kier molecular flexibility index (Phi) is 3.44. The molecular weight excluding hydrogens is 226 g/mol. The van der Waals surface area contributed by atoms with Gasteiger partial charge in [0.25, 0.3) is 0 Å². The second-order valence-electron chi connectivity index (χ2n) is 5.14. The van der Waals surface area contributed by atoms with Gasteiger partial charge in [-0.25, -0.2) is 0 Å². The lowest BCUT2D eigenvalue weighted by atomic mass is 10.0. The lowest BCUT2D eigenvalue weighted by Crippen LogP contribution is -2.39. The van der Waals surface area contributed by atoms with Crippen LogP contribution in [-0.4, -0.2) is 24.3 Å². The van der Waals surface area contributed by atoms with E-state index in [1.807, 2.05) is 24.1 Å². The average Bonchev–Trinajstić information content (AvgIpc) is 2.76. The standard InChI is InChI=1S/C14H19N3O/c1-17(10-14(18)7-2-3-8-14)12-6-4-5-11(9-15)13(12)16/h4-6,18H,2-3,7-8,10,16H2,1H3. The van der Waals surface area contributed by atoms with Gasteiger partial charge in [0.2, 0.25) is 0 Å². The maximum Gasteiger partial charge on any atom is 0.101 e. The van der Waals surface area contributed by atoms with Crippen LogP contribution >= 0.6 is 0 Å². The third kappa shape index (κ3) is 2.41. The molecule has 4 heteroatoms. The summed E-state index contributed by atoms with van der Waals surface area (Å²) < 4.78 is 0. The van der Waals surface area contributed by atoms with Crippen LogP contribution in [0.15, 0.2) is 18.2 Å². The van der Waals surface area contributed by atoms with Gasteiger partial charge in [0.1, 0.15) is 6.07 Å². The van der Waals surface area contributed by atoms with E-state index < -0.39 is 5.60 Å². The van der Waals surface area contributed by atoms with Gasteiger partial charge in [0, 0.05) is 13.6 Å². The predicted molar refractivity (Wildman–Crippen MR) is 72.3 cm³/mol. The highest BCUT2D eigenvalue weighted by Gasteiger charge is 2.32. The number of likely N-dealkylation sites (N-methyl/N-ethyl adjacent to an activating group) is 1. The van der Waals surface area contributed by atoms with Crippen molar-refractivity contribution in [3.05, 3.63) is 23.8 Å². The molecule has 0 spiro atoms. The molecule has 0 amide bonds. The van der Waals surface area contributed by atoms with Gasteiger partial charge in [0.15, 0.2) is 0 Å². The fourth-order valence-electron chi connectivity index (χ4n) is 2.70. The van der Waals surface area contributed by atoms with E-state index in [9.17, 15) is 5.11 Å². The van der Waals surface area contributed by atoms with Crippen LogP contribution in [0.25, 0.3) is 0 Å². The molecule has 1 aliphatic rings. The Balaban J connectivity index is 2.19. The zero-order chi connectivity index (χ0) is 13.2. The summed E-state index contributed by atoms with van der Waals surface area (Å²) in [6.45, 7) is 0.562. The maximum atomic E-state index is 10.4. The predicted octanol–water partition coefficient (Wildman–Crippen LogP) is 1.88. The molecule has 0 radical (unpaired) electrons. The number of hydrogen-bond donors (Lipinski definition) is 2. The summed E-state index contributed by atoms with van der Waals surface area (Å²) in [6.07, 6.45) is 3.85. The molecule has 0 aliphatic heterocycles. The second kappa shape index (κ2) is 4.87. The van der Waals surface area contributed by atoms with Crippen LogP contribution in [0.3, 0.4) is 0 Å². The number of hydrogen-bond acceptors (Lipinski definition) is 4. The highest BCUT2D eigenvalue weighted by molar-refractivity contribution is 5.73. The number of para-hydroxylation sites is 1. The van der Waals surface area contributed by atoms with Crippen LogP contribution in [0.4, 0.5) is 11.4 Å². The summed E-state index contributed by atoms with van der Waals surface area (Å²) in [4.78, 5) is 1.95. The molecule has 18 heavy (non-hydrogen) atoms. The molecule has 1 fully saturated rings. The molecule has 0 heterocycles. The molecule has 96 valence electrons. The molecule has 0 saturated heterocycles. The Morgan fingerprint density at radius 3 is 2.72 bits per heavy atom. The Bertz CT molecular complexity index is 472. The summed E-state index contributed by atoms with van der Waals surface area (Å²) in [6, 6.07) is 7.49. The first-order chi connectivity index (χ1) is 8.56. The fourth-order valence-corrected chi connectivity index (χ4v) is 2.70. The molecule has 1 saturated carbocycles. The maximum absolute atomic E-state index is 10.4. The van der Waals surface area contributed by atoms with Gasteiger partial charge in [-0.1, -0.05) is 18.9 Å². The first-order valence-electron chi connectivity index (χ1n) is 6.28. The smallest absolute Gasteiger partial charge is 0.101 e. The Morgan fingerprint density at radius 1 is 1.44 bits per heavy atom. The van der Waals surface area contributed by atoms with Gasteiger partial charge >= 0.3 is 0 Å². The zero-order valence-electron chi connectivity index (χ0n) is 10.7. The molecule has 2 rings (SSSR count). The van der Waals surface area contributed by atoms with Crippen LogP contribution < -0.4 is 10.6 Å². The Hall–Kier alpha value is -1.73. The topological polar surface area (TPSA) is 73.3 Å². The van der Waals surface area contributed by atoms with E-state index in [1.54, 1.807) is 6.07 Å². The third-order valence-corrected chi connectivity index (χ3v) is 3.68. The lowest BCUT2D eigenvalue weighted by Gasteiger charge is -2.30. The van der Waals surface area contributed by atoms with Gasteiger partial charge < -0.3 is 15.7 Å². The number of anilines is 2. The minimum atomic E-state index is -0.607. The number of nitriles is 1. The van der Waals surface area contributed by atoms with Crippen molar-refractivity contribution in [2.45, 2.75) is 31.3 Å². The van der Waals surface area contributed by atoms with Crippen LogP contribution in [0.2, 0.25) is 0 Å². The number of nitrogens with zero attached hydrogens (tertiary/aromatic N) is 2. The Labute approximate surface area is 108 Å². The number of nitrogens with two attached hydrogens (primary N) is 1. The normalized spacial score (nSPS) is 17.4. The highest BCUT2D eigenvalue weighted by Crippen LogP contribution is 2.33. The van der Waals surface area contributed by atoms with E-state index in [0.717, 1.165) is 31.4 Å². The molecule has 3 N–H and O–H groups in total. The monoisotopic (exact) mass is 245 g/mol. The number of benzene rings is 1. The molecular formula is C14H19N3O. The molecule has 0 unspecified atom stereocenters. The van der Waals surface area contributed by atoms with E-state index in [2.05, 4.69) is 6.07 Å². The van der Waals surface area contributed by atoms with Crippen molar-refractivity contribution in [3.63, 3.8) is 0 Å². The summed E-state index contributed by atoms with van der Waals surface area (Å²) in [5, 5.41) is 19.4. The van der Waals surface area contributed by atoms with Crippen LogP contribution in [0, 0.1) is 11.3 Å². The van der Waals surface area contributed by atoms with E-state index >= 15 is 0 Å². The van der Waals surface area contributed by atoms with Crippen molar-refractivity contribution >= 4 is 11.4 Å². The number of aliphatic hydroxyl groups is 1. The molecule has 1 aromatic carbocycles. The van der Waals surface area contributed by atoms with Crippen LogP contribution in [0.5, 0.6) is 0 Å². The Morgan fingerprint density at radius 2 is 2.11 bits per heavy atom. The summed E-state index contributed by atoms with van der Waals surface area (Å²) in [7, 11) is 1.91. The number of rotatable bonds is 3. The van der Waals surface area contributed by atoms with Gasteiger partial charge in [-0.3, -0.25) is 0 Å². The first kappa shape index (κ1) is 12.7. The molecule has 1 aliphatic carbocycles. The van der Waals surface area contributed by atoms with Crippen molar-refractivity contribution in [1.82, 2.24) is 0 Å². The third-order valence-electron chi connectivity index (χ3n) is 3.68. The summed E-state index contributed by atoms with van der Waals surface area (Å²) in [5.41, 5.74) is 7.15. The minimum Gasteiger partial charge on any atom is -0.396 e. The van der Waals surface area contributed by atoms with Gasteiger partial charge in [-0.15, -0.1) is 0 Å². The van der Waals surface area contributed by atoms with Crippen LogP contribution in [-0.2, 0) is 0 Å². The fraction of sp³-hybridized carbons (Fsp3) is 0.500. The van der Waals surface area contributed by atoms with E-state index in [4.69, 9.17) is 11.0 Å². The van der Waals surface area contributed by atoms with Gasteiger partial charge in [0.05, 0.1) is 22.5 Å². The molecule has 1 aromatic rings. The quantitative estimate of drug-likeness (QED) is 0.797.